The highest BCUT2D eigenvalue weighted by Gasteiger charge is 2.30. The number of para-hydroxylation sites is 1. The van der Waals surface area contributed by atoms with Crippen LogP contribution in [0.1, 0.15) is 30.1 Å². The number of nitrogens with zero attached hydrogens (tertiary/aromatic N) is 1. The third-order valence-electron chi connectivity index (χ3n) is 4.29. The van der Waals surface area contributed by atoms with Gasteiger partial charge in [-0.25, -0.2) is 4.79 Å². The highest BCUT2D eigenvalue weighted by atomic mass is 16.5. The Bertz CT molecular complexity index is 726. The molecule has 1 saturated heterocycles. The first-order chi connectivity index (χ1) is 11.6. The fourth-order valence-corrected chi connectivity index (χ4v) is 2.88. The Hall–Kier alpha value is -2.18. The number of anilines is 1. The Kier molecular flexibility index (Phi) is 4.97. The zero-order valence-corrected chi connectivity index (χ0v) is 13.7. The van der Waals surface area contributed by atoms with Crippen molar-refractivity contribution in [3.05, 3.63) is 36.0 Å². The fraction of sp³-hybridized carbons (Fsp3) is 0.444. The second-order valence-corrected chi connectivity index (χ2v) is 5.97. The first kappa shape index (κ1) is 16.7. The molecule has 0 radical (unpaired) electrons. The molecule has 2 N–H and O–H groups in total. The van der Waals surface area contributed by atoms with Gasteiger partial charge < -0.3 is 19.9 Å². The van der Waals surface area contributed by atoms with Crippen molar-refractivity contribution < 1.29 is 19.4 Å². The summed E-state index contributed by atoms with van der Waals surface area (Å²) in [6, 6.07) is 7.59. The summed E-state index contributed by atoms with van der Waals surface area (Å²) in [6.45, 7) is 3.49. The molecular weight excluding hydrogens is 308 g/mol. The van der Waals surface area contributed by atoms with E-state index in [1.54, 1.807) is 6.92 Å². The zero-order chi connectivity index (χ0) is 17.0. The van der Waals surface area contributed by atoms with E-state index in [1.165, 1.54) is 6.20 Å². The quantitative estimate of drug-likeness (QED) is 0.819. The van der Waals surface area contributed by atoms with E-state index in [0.717, 1.165) is 10.9 Å². The van der Waals surface area contributed by atoms with Gasteiger partial charge >= 0.3 is 5.97 Å². The van der Waals surface area contributed by atoms with Crippen LogP contribution in [0.15, 0.2) is 30.5 Å². The van der Waals surface area contributed by atoms with Gasteiger partial charge in [0.2, 0.25) is 0 Å². The molecule has 1 aromatic carbocycles. The van der Waals surface area contributed by atoms with E-state index in [2.05, 4.69) is 10.3 Å². The second-order valence-electron chi connectivity index (χ2n) is 5.97. The summed E-state index contributed by atoms with van der Waals surface area (Å²) in [4.78, 5) is 16.6. The molecule has 1 aromatic heterocycles. The second kappa shape index (κ2) is 7.15. The number of ether oxygens (including phenoxy) is 2. The number of hydrogen-bond donors (Lipinski definition) is 2. The van der Waals surface area contributed by atoms with E-state index in [0.29, 0.717) is 50.5 Å². The van der Waals surface area contributed by atoms with Crippen LogP contribution >= 0.6 is 0 Å². The Labute approximate surface area is 140 Å². The van der Waals surface area contributed by atoms with E-state index < -0.39 is 11.6 Å². The molecule has 3 rings (SSSR count). The number of nitrogens with one attached hydrogen (secondary N) is 1. The highest BCUT2D eigenvalue weighted by molar-refractivity contribution is 6.04. The van der Waals surface area contributed by atoms with Crippen LogP contribution in [0.2, 0.25) is 0 Å². The summed E-state index contributed by atoms with van der Waals surface area (Å²) < 4.78 is 10.4. The zero-order valence-electron chi connectivity index (χ0n) is 13.7. The summed E-state index contributed by atoms with van der Waals surface area (Å²) in [5, 5.41) is 14.8. The number of esters is 1. The van der Waals surface area contributed by atoms with Gasteiger partial charge in [-0.05, 0) is 13.0 Å². The van der Waals surface area contributed by atoms with E-state index in [1.807, 2.05) is 24.3 Å². The predicted molar refractivity (Wildman–Crippen MR) is 91.2 cm³/mol. The standard InChI is InChI=1S/C18H22N2O4/c1-2-24-17(21)14-11-19-15-6-4-3-5-13(15)16(14)20-12-18(22)7-9-23-10-8-18/h3-6,11,22H,2,7-10,12H2,1H3,(H,19,20). The number of rotatable bonds is 5. The molecule has 128 valence electrons. The molecule has 0 saturated carbocycles. The smallest absolute Gasteiger partial charge is 0.341 e. The van der Waals surface area contributed by atoms with E-state index >= 15 is 0 Å². The molecule has 0 unspecified atom stereocenters. The van der Waals surface area contributed by atoms with Gasteiger partial charge in [0.05, 0.1) is 23.4 Å². The maximum atomic E-state index is 12.3. The van der Waals surface area contributed by atoms with Crippen molar-refractivity contribution in [2.24, 2.45) is 0 Å². The van der Waals surface area contributed by atoms with Crippen molar-refractivity contribution in [2.45, 2.75) is 25.4 Å². The lowest BCUT2D eigenvalue weighted by molar-refractivity contribution is -0.0543. The van der Waals surface area contributed by atoms with Gasteiger partial charge in [-0.15, -0.1) is 0 Å². The number of fused-ring (bicyclic) bond motifs is 1. The summed E-state index contributed by atoms with van der Waals surface area (Å²) in [5.74, 6) is -0.419. The van der Waals surface area contributed by atoms with Crippen LogP contribution in [0.25, 0.3) is 10.9 Å². The van der Waals surface area contributed by atoms with Crippen molar-refractivity contribution in [3.63, 3.8) is 0 Å². The van der Waals surface area contributed by atoms with Crippen LogP contribution in [0.4, 0.5) is 5.69 Å². The molecule has 6 heteroatoms. The number of pyridine rings is 1. The number of benzene rings is 1. The Morgan fingerprint density at radius 1 is 1.38 bits per heavy atom. The summed E-state index contributed by atoms with van der Waals surface area (Å²) in [6.07, 6.45) is 2.66. The minimum Gasteiger partial charge on any atom is -0.462 e. The lowest BCUT2D eigenvalue weighted by atomic mass is 9.94. The molecule has 0 aliphatic carbocycles. The third kappa shape index (κ3) is 3.49. The normalized spacial score (nSPS) is 16.8. The summed E-state index contributed by atoms with van der Waals surface area (Å²) in [7, 11) is 0. The number of hydrogen-bond acceptors (Lipinski definition) is 6. The number of carbonyl (C=O) groups excluding carboxylic acids is 1. The van der Waals surface area contributed by atoms with Crippen LogP contribution in [0.5, 0.6) is 0 Å². The van der Waals surface area contributed by atoms with Crippen LogP contribution in [0, 0.1) is 0 Å². The van der Waals surface area contributed by atoms with Crippen molar-refractivity contribution in [1.82, 2.24) is 4.98 Å². The number of aromatic nitrogens is 1. The third-order valence-corrected chi connectivity index (χ3v) is 4.29. The molecule has 1 fully saturated rings. The Balaban J connectivity index is 1.93. The van der Waals surface area contributed by atoms with Crippen molar-refractivity contribution in [3.8, 4) is 0 Å². The summed E-state index contributed by atoms with van der Waals surface area (Å²) >= 11 is 0. The van der Waals surface area contributed by atoms with Crippen molar-refractivity contribution in [2.75, 3.05) is 31.7 Å². The predicted octanol–water partition coefficient (Wildman–Crippen LogP) is 2.36. The fourth-order valence-electron chi connectivity index (χ4n) is 2.88. The monoisotopic (exact) mass is 330 g/mol. The van der Waals surface area contributed by atoms with Gasteiger partial charge in [0, 0.05) is 44.2 Å². The molecule has 0 atom stereocenters. The minimum atomic E-state index is -0.839. The highest BCUT2D eigenvalue weighted by Crippen LogP contribution is 2.28. The maximum Gasteiger partial charge on any atom is 0.341 e. The first-order valence-electron chi connectivity index (χ1n) is 8.22. The molecule has 2 heterocycles. The van der Waals surface area contributed by atoms with Crippen molar-refractivity contribution >= 4 is 22.6 Å². The first-order valence-corrected chi connectivity index (χ1v) is 8.22. The molecule has 1 aliphatic heterocycles. The number of carbonyl (C=O) groups is 1. The molecule has 6 nitrogen and oxygen atoms in total. The van der Waals surface area contributed by atoms with Gasteiger partial charge in [-0.2, -0.15) is 0 Å². The minimum absolute atomic E-state index is 0.298. The van der Waals surface area contributed by atoms with E-state index in [9.17, 15) is 9.90 Å². The summed E-state index contributed by atoms with van der Waals surface area (Å²) in [5.41, 5.74) is 0.978. The lowest BCUT2D eigenvalue weighted by Gasteiger charge is -2.32. The number of aliphatic hydroxyl groups is 1. The van der Waals surface area contributed by atoms with Gasteiger partial charge in [-0.3, -0.25) is 4.98 Å². The van der Waals surface area contributed by atoms with Crippen LogP contribution in [-0.2, 0) is 9.47 Å². The molecule has 24 heavy (non-hydrogen) atoms. The SMILES string of the molecule is CCOC(=O)c1cnc2ccccc2c1NCC1(O)CCOCC1. The maximum absolute atomic E-state index is 12.3. The lowest BCUT2D eigenvalue weighted by Crippen LogP contribution is -2.42. The van der Waals surface area contributed by atoms with Crippen molar-refractivity contribution in [1.29, 1.82) is 0 Å². The van der Waals surface area contributed by atoms with Crippen LogP contribution in [-0.4, -0.2) is 48.0 Å². The molecule has 0 amide bonds. The van der Waals surface area contributed by atoms with Gasteiger partial charge in [0.1, 0.15) is 5.56 Å². The van der Waals surface area contributed by atoms with Crippen LogP contribution < -0.4 is 5.32 Å². The molecular formula is C18H22N2O4. The van der Waals surface area contributed by atoms with Gasteiger partial charge in [0.25, 0.3) is 0 Å². The molecule has 1 aliphatic rings. The van der Waals surface area contributed by atoms with Gasteiger partial charge in [-0.1, -0.05) is 18.2 Å². The average molecular weight is 330 g/mol. The largest absolute Gasteiger partial charge is 0.462 e. The topological polar surface area (TPSA) is 80.7 Å². The van der Waals surface area contributed by atoms with Gasteiger partial charge in [0.15, 0.2) is 0 Å². The Morgan fingerprint density at radius 2 is 2.12 bits per heavy atom. The molecule has 0 spiro atoms. The molecule has 0 bridgehead atoms. The van der Waals surface area contributed by atoms with Crippen LogP contribution in [0.3, 0.4) is 0 Å². The Morgan fingerprint density at radius 3 is 2.88 bits per heavy atom. The average Bonchev–Trinajstić information content (AvgIpc) is 2.60. The van der Waals surface area contributed by atoms with E-state index in [4.69, 9.17) is 9.47 Å². The molecule has 2 aromatic rings. The van der Waals surface area contributed by atoms with E-state index in [-0.39, 0.29) is 0 Å².